The highest BCUT2D eigenvalue weighted by Crippen LogP contribution is 2.41. The summed E-state index contributed by atoms with van der Waals surface area (Å²) in [5, 5.41) is 8.77. The van der Waals surface area contributed by atoms with Crippen molar-refractivity contribution >= 4 is 39.1 Å². The maximum absolute atomic E-state index is 13.9. The molecule has 0 aliphatic carbocycles. The second-order valence-corrected chi connectivity index (χ2v) is 24.7. The lowest BCUT2D eigenvalue weighted by molar-refractivity contribution is 0.0162. The number of hydrogen-bond donors (Lipinski definition) is 3. The van der Waals surface area contributed by atoms with Crippen LogP contribution in [0.25, 0.3) is 28.9 Å². The van der Waals surface area contributed by atoms with Crippen LogP contribution in [0.2, 0.25) is 0 Å². The monoisotopic (exact) mass is 1300 g/mol. The molecule has 2 unspecified atom stereocenters. The SMILES string of the molecule is C.COc1cc2c(cc1OCc1ccccc1)CCN(C(=O)OC(C)(C)C)C2CS(=O)(=O)C1=NNNN1c1ccccc1.COc1cccc(-c2ncc(/C=C/C3NCCc4cc(OCc5ccccc5)c(OC)cc43)cn2)c1.COc1cccc(-c2ncc(C=O)cn2)c1. The van der Waals surface area contributed by atoms with E-state index in [1.165, 1.54) is 40.5 Å². The number of hydrogen-bond acceptors (Lipinski definition) is 20. The minimum Gasteiger partial charge on any atom is -0.497 e. The summed E-state index contributed by atoms with van der Waals surface area (Å²) in [6, 6.07) is 51.1. The lowest BCUT2D eigenvalue weighted by Gasteiger charge is -2.38. The molecule has 7 aromatic carbocycles. The fourth-order valence-electron chi connectivity index (χ4n) is 10.5. The zero-order valence-corrected chi connectivity index (χ0v) is 54.1. The summed E-state index contributed by atoms with van der Waals surface area (Å²) in [6.07, 6.45) is 12.4. The second kappa shape index (κ2) is 32.2. The molecule has 492 valence electrons. The van der Waals surface area contributed by atoms with Gasteiger partial charge in [0.2, 0.25) is 9.84 Å². The maximum Gasteiger partial charge on any atom is 0.410 e. The largest absolute Gasteiger partial charge is 0.497 e. The first-order chi connectivity index (χ1) is 45.6. The molecule has 2 atom stereocenters. The Balaban J connectivity index is 0.000000181. The average Bonchev–Trinajstić information content (AvgIpc) is 1.65. The standard InChI is InChI=1S/C30H35N5O6S.C30H29N3O3.C12H10N2O2.CH4/c1-30(2,3)41-29(36)34-16-15-22-17-27(40-19-21-11-7-5-8-12-21)26(39-4)18-24(22)25(34)20-42(37,38)28-31-32-33-35(28)23-13-9-6-10-14-23;1-34-25-10-6-9-24(15-25)30-32-18-22(19-33-30)11-12-27-26-17-28(35-2)29(16-23(26)13-14-31-27)36-20-21-7-4-3-5-8-21;1-16-11-4-2-3-10(5-11)12-13-6-9(8-15)7-14-12;/h5-14,17-18,25,32-33H,15-16,19-20H2,1-4H3;3-12,15-19,27,31H,13-14,20H2,1-2H3;2-8H,1H3;1H4/b;12-11+;;. The van der Waals surface area contributed by atoms with E-state index >= 15 is 0 Å². The van der Waals surface area contributed by atoms with Crippen molar-refractivity contribution in [3.8, 4) is 57.3 Å². The van der Waals surface area contributed by atoms with Crippen molar-refractivity contribution in [1.82, 2.24) is 41.2 Å². The molecule has 0 saturated carbocycles. The van der Waals surface area contributed by atoms with Crippen LogP contribution in [-0.2, 0) is 40.6 Å². The van der Waals surface area contributed by atoms with Crippen molar-refractivity contribution in [3.63, 3.8) is 0 Å². The molecule has 5 heterocycles. The predicted octanol–water partition coefficient (Wildman–Crippen LogP) is 12.6. The Labute approximate surface area is 554 Å². The highest BCUT2D eigenvalue weighted by Gasteiger charge is 2.41. The van der Waals surface area contributed by atoms with Crippen LogP contribution in [0.4, 0.5) is 10.5 Å². The van der Waals surface area contributed by atoms with Gasteiger partial charge in [0, 0.05) is 54.6 Å². The van der Waals surface area contributed by atoms with E-state index in [2.05, 4.69) is 77.8 Å². The molecule has 0 bridgehead atoms. The van der Waals surface area contributed by atoms with Gasteiger partial charge in [0.1, 0.15) is 30.3 Å². The third kappa shape index (κ3) is 17.9. The number of rotatable bonds is 18. The fourth-order valence-corrected chi connectivity index (χ4v) is 12.1. The first-order valence-corrected chi connectivity index (χ1v) is 32.0. The number of hydrazone groups is 1. The summed E-state index contributed by atoms with van der Waals surface area (Å²) in [5.74, 6) is 4.82. The van der Waals surface area contributed by atoms with E-state index in [0.717, 1.165) is 75.6 Å². The molecule has 12 rings (SSSR count). The number of hydrazine groups is 2. The number of sulfone groups is 1. The summed E-state index contributed by atoms with van der Waals surface area (Å²) >= 11 is 0. The van der Waals surface area contributed by atoms with Crippen LogP contribution in [0, 0.1) is 0 Å². The average molecular weight is 1300 g/mol. The molecule has 3 aliphatic rings. The maximum atomic E-state index is 13.9. The molecule has 9 aromatic rings. The van der Waals surface area contributed by atoms with E-state index < -0.39 is 33.3 Å². The van der Waals surface area contributed by atoms with Gasteiger partial charge in [-0.25, -0.2) is 43.7 Å². The van der Waals surface area contributed by atoms with E-state index in [-0.39, 0.29) is 25.2 Å². The number of nitrogens with zero attached hydrogens (tertiary/aromatic N) is 7. The van der Waals surface area contributed by atoms with Crippen LogP contribution in [-0.4, -0.2) is 104 Å². The lowest BCUT2D eigenvalue weighted by Crippen LogP contribution is -2.48. The summed E-state index contributed by atoms with van der Waals surface area (Å²) < 4.78 is 67.6. The van der Waals surface area contributed by atoms with Crippen LogP contribution in [0.5, 0.6) is 34.5 Å². The van der Waals surface area contributed by atoms with Crippen molar-refractivity contribution in [3.05, 3.63) is 239 Å². The fraction of sp³-hybridized carbons (Fsp3) is 0.247. The zero-order chi connectivity index (χ0) is 66.0. The normalized spacial score (nSPS) is 14.7. The van der Waals surface area contributed by atoms with Crippen molar-refractivity contribution in [2.45, 2.75) is 71.9 Å². The lowest BCUT2D eigenvalue weighted by atomic mass is 9.93. The van der Waals surface area contributed by atoms with Gasteiger partial charge in [-0.3, -0.25) is 9.69 Å². The van der Waals surface area contributed by atoms with E-state index in [4.69, 9.17) is 33.2 Å². The highest BCUT2D eigenvalue weighted by molar-refractivity contribution is 8.06. The third-order valence-electron chi connectivity index (χ3n) is 15.2. The molecule has 2 aromatic heterocycles. The number of methoxy groups -OCH3 is 4. The number of fused-ring (bicyclic) bond motifs is 2. The van der Waals surface area contributed by atoms with Gasteiger partial charge in [-0.05, 0) is 128 Å². The van der Waals surface area contributed by atoms with Crippen molar-refractivity contribution in [2.24, 2.45) is 5.10 Å². The van der Waals surface area contributed by atoms with Gasteiger partial charge in [-0.2, -0.15) is 0 Å². The van der Waals surface area contributed by atoms with Gasteiger partial charge in [-0.15, -0.1) is 10.6 Å². The summed E-state index contributed by atoms with van der Waals surface area (Å²) in [5.41, 5.74) is 14.4. The molecule has 0 fully saturated rings. The Morgan fingerprint density at radius 1 is 0.611 bits per heavy atom. The number of nitrogens with one attached hydrogen (secondary N) is 3. The molecule has 22 heteroatoms. The molecular formula is C73H78N10O11S. The van der Waals surface area contributed by atoms with Crippen molar-refractivity contribution in [1.29, 1.82) is 0 Å². The Morgan fingerprint density at radius 3 is 1.64 bits per heavy atom. The molecule has 0 saturated heterocycles. The number of amides is 1. The number of aromatic nitrogens is 4. The molecule has 21 nitrogen and oxygen atoms in total. The second-order valence-electron chi connectivity index (χ2n) is 22.8. The topological polar surface area (TPSA) is 239 Å². The number of para-hydroxylation sites is 1. The van der Waals surface area contributed by atoms with Crippen molar-refractivity contribution < 1.29 is 51.2 Å². The highest BCUT2D eigenvalue weighted by atomic mass is 32.2. The Bertz CT molecular complexity index is 4200. The zero-order valence-electron chi connectivity index (χ0n) is 53.3. The first kappa shape index (κ1) is 68.7. The predicted molar refractivity (Wildman–Crippen MR) is 367 cm³/mol. The number of carbonyl (C=O) groups excluding carboxylic acids is 2. The number of ether oxygens (including phenoxy) is 7. The van der Waals surface area contributed by atoms with E-state index in [9.17, 15) is 18.0 Å². The number of aldehydes is 1. The summed E-state index contributed by atoms with van der Waals surface area (Å²) in [7, 11) is 2.41. The number of anilines is 1. The van der Waals surface area contributed by atoms with E-state index in [0.29, 0.717) is 59.6 Å². The molecule has 95 heavy (non-hydrogen) atoms. The quantitative estimate of drug-likeness (QED) is 0.0677. The Kier molecular flexibility index (Phi) is 23.3. The van der Waals surface area contributed by atoms with Gasteiger partial charge in [0.05, 0.1) is 57.5 Å². The minimum atomic E-state index is -4.06. The smallest absolute Gasteiger partial charge is 0.410 e. The number of carbonyl (C=O) groups is 2. The molecular weight excluding hydrogens is 1220 g/mol. The number of amidine groups is 1. The van der Waals surface area contributed by atoms with Crippen LogP contribution in [0.1, 0.15) is 89.6 Å². The van der Waals surface area contributed by atoms with Crippen LogP contribution in [0.15, 0.2) is 200 Å². The summed E-state index contributed by atoms with van der Waals surface area (Å²) in [4.78, 5) is 42.6. The molecule has 3 aliphatic heterocycles. The summed E-state index contributed by atoms with van der Waals surface area (Å²) in [6.45, 7) is 7.31. The van der Waals surface area contributed by atoms with Gasteiger partial charge < -0.3 is 38.5 Å². The first-order valence-electron chi connectivity index (χ1n) is 30.3. The molecule has 3 N–H and O–H groups in total. The Hall–Kier alpha value is -10.7. The molecule has 0 spiro atoms. The van der Waals surface area contributed by atoms with Gasteiger partial charge in [0.15, 0.2) is 40.9 Å². The van der Waals surface area contributed by atoms with Gasteiger partial charge >= 0.3 is 6.09 Å². The van der Waals surface area contributed by atoms with Crippen molar-refractivity contribution in [2.75, 3.05) is 52.3 Å². The number of benzene rings is 7. The van der Waals surface area contributed by atoms with E-state index in [1.54, 1.807) is 72.4 Å². The van der Waals surface area contributed by atoms with Crippen LogP contribution < -0.4 is 49.8 Å². The Morgan fingerprint density at radius 2 is 1.13 bits per heavy atom. The molecule has 1 amide bonds. The third-order valence-corrected chi connectivity index (χ3v) is 16.8. The van der Waals surface area contributed by atoms with E-state index in [1.807, 2.05) is 122 Å². The van der Waals surface area contributed by atoms with Crippen LogP contribution >= 0.6 is 0 Å². The van der Waals surface area contributed by atoms with Gasteiger partial charge in [0.25, 0.3) is 5.17 Å². The molecule has 0 radical (unpaired) electrons. The van der Waals surface area contributed by atoms with Gasteiger partial charge in [-0.1, -0.05) is 123 Å². The minimum absolute atomic E-state index is 0. The van der Waals surface area contributed by atoms with Crippen LogP contribution in [0.3, 0.4) is 0 Å².